The zero-order valence-electron chi connectivity index (χ0n) is 9.80. The smallest absolute Gasteiger partial charge is 0.0489 e. The van der Waals surface area contributed by atoms with Gasteiger partial charge in [0.25, 0.3) is 0 Å². The SMILES string of the molecule is CC(C)COCCCN1CCCCC1. The van der Waals surface area contributed by atoms with Crippen LogP contribution in [-0.4, -0.2) is 37.7 Å². The fourth-order valence-electron chi connectivity index (χ4n) is 1.89. The molecule has 1 rings (SSSR count). The van der Waals surface area contributed by atoms with Crippen LogP contribution >= 0.6 is 0 Å². The predicted molar refractivity (Wildman–Crippen MR) is 60.6 cm³/mol. The highest BCUT2D eigenvalue weighted by Crippen LogP contribution is 2.08. The van der Waals surface area contributed by atoms with Crippen molar-refractivity contribution < 1.29 is 4.74 Å². The Hall–Kier alpha value is -0.0800. The van der Waals surface area contributed by atoms with Gasteiger partial charge in [-0.25, -0.2) is 0 Å². The Balaban J connectivity index is 1.87. The van der Waals surface area contributed by atoms with Crippen molar-refractivity contribution in [3.8, 4) is 0 Å². The van der Waals surface area contributed by atoms with Crippen molar-refractivity contribution in [2.75, 3.05) is 32.8 Å². The quantitative estimate of drug-likeness (QED) is 0.610. The molecule has 1 fully saturated rings. The Labute approximate surface area is 88.6 Å². The molecule has 2 nitrogen and oxygen atoms in total. The summed E-state index contributed by atoms with van der Waals surface area (Å²) in [6.45, 7) is 10.1. The molecular formula is C12H25NO. The summed E-state index contributed by atoms with van der Waals surface area (Å²) in [7, 11) is 0. The number of hydrogen-bond donors (Lipinski definition) is 0. The second-order valence-electron chi connectivity index (χ2n) is 4.72. The third kappa shape index (κ3) is 5.61. The molecule has 14 heavy (non-hydrogen) atoms. The summed E-state index contributed by atoms with van der Waals surface area (Å²) < 4.78 is 5.56. The topological polar surface area (TPSA) is 12.5 Å². The Morgan fingerprint density at radius 1 is 1.14 bits per heavy atom. The molecule has 1 heterocycles. The van der Waals surface area contributed by atoms with E-state index in [4.69, 9.17) is 4.74 Å². The molecule has 0 spiro atoms. The standard InChI is InChI=1S/C12H25NO/c1-12(2)11-14-10-6-9-13-7-4-3-5-8-13/h12H,3-11H2,1-2H3. The van der Waals surface area contributed by atoms with E-state index in [0.29, 0.717) is 5.92 Å². The molecule has 1 saturated heterocycles. The van der Waals surface area contributed by atoms with Crippen LogP contribution in [0.3, 0.4) is 0 Å². The van der Waals surface area contributed by atoms with E-state index < -0.39 is 0 Å². The zero-order chi connectivity index (χ0) is 10.2. The van der Waals surface area contributed by atoms with Crippen molar-refractivity contribution in [1.29, 1.82) is 0 Å². The number of rotatable bonds is 6. The van der Waals surface area contributed by atoms with Gasteiger partial charge in [0.05, 0.1) is 0 Å². The maximum Gasteiger partial charge on any atom is 0.0489 e. The molecule has 0 aliphatic carbocycles. The molecule has 84 valence electrons. The average molecular weight is 199 g/mol. The van der Waals surface area contributed by atoms with Crippen molar-refractivity contribution in [2.24, 2.45) is 5.92 Å². The first kappa shape index (κ1) is 12.0. The summed E-state index contributed by atoms with van der Waals surface area (Å²) in [5, 5.41) is 0. The van der Waals surface area contributed by atoms with E-state index in [-0.39, 0.29) is 0 Å². The van der Waals surface area contributed by atoms with Gasteiger partial charge in [0.15, 0.2) is 0 Å². The second kappa shape index (κ2) is 7.24. The van der Waals surface area contributed by atoms with E-state index in [1.807, 2.05) is 0 Å². The third-order valence-electron chi connectivity index (χ3n) is 2.66. The van der Waals surface area contributed by atoms with Gasteiger partial charge in [-0.2, -0.15) is 0 Å². The van der Waals surface area contributed by atoms with Crippen LogP contribution in [0.2, 0.25) is 0 Å². The molecule has 1 aliphatic heterocycles. The van der Waals surface area contributed by atoms with Gasteiger partial charge in [0, 0.05) is 19.8 Å². The minimum absolute atomic E-state index is 0.671. The van der Waals surface area contributed by atoms with Crippen molar-refractivity contribution in [2.45, 2.75) is 39.5 Å². The Morgan fingerprint density at radius 2 is 1.86 bits per heavy atom. The van der Waals surface area contributed by atoms with Crippen LogP contribution in [0.1, 0.15) is 39.5 Å². The van der Waals surface area contributed by atoms with Crippen LogP contribution in [0.25, 0.3) is 0 Å². The lowest BCUT2D eigenvalue weighted by Gasteiger charge is -2.26. The summed E-state index contributed by atoms with van der Waals surface area (Å²) in [5.74, 6) is 0.671. The number of piperidine rings is 1. The monoisotopic (exact) mass is 199 g/mol. The van der Waals surface area contributed by atoms with Crippen molar-refractivity contribution in [3.05, 3.63) is 0 Å². The molecule has 1 aliphatic rings. The van der Waals surface area contributed by atoms with Crippen molar-refractivity contribution in [1.82, 2.24) is 4.90 Å². The number of hydrogen-bond acceptors (Lipinski definition) is 2. The van der Waals surface area contributed by atoms with E-state index in [2.05, 4.69) is 18.7 Å². The molecule has 0 aromatic carbocycles. The van der Waals surface area contributed by atoms with Crippen LogP contribution in [0, 0.1) is 5.92 Å². The molecule has 0 atom stereocenters. The van der Waals surface area contributed by atoms with Gasteiger partial charge >= 0.3 is 0 Å². The third-order valence-corrected chi connectivity index (χ3v) is 2.66. The van der Waals surface area contributed by atoms with E-state index in [1.165, 1.54) is 45.3 Å². The molecule has 0 unspecified atom stereocenters. The molecule has 0 radical (unpaired) electrons. The van der Waals surface area contributed by atoms with E-state index in [9.17, 15) is 0 Å². The summed E-state index contributed by atoms with van der Waals surface area (Å²) >= 11 is 0. The highest BCUT2D eigenvalue weighted by molar-refractivity contribution is 4.63. The van der Waals surface area contributed by atoms with Crippen LogP contribution in [0.4, 0.5) is 0 Å². The van der Waals surface area contributed by atoms with Crippen LogP contribution in [0.15, 0.2) is 0 Å². The molecule has 0 aromatic rings. The van der Waals surface area contributed by atoms with Crippen LogP contribution in [-0.2, 0) is 4.74 Å². The number of nitrogens with zero attached hydrogens (tertiary/aromatic N) is 1. The average Bonchev–Trinajstić information content (AvgIpc) is 2.18. The van der Waals surface area contributed by atoms with Crippen molar-refractivity contribution in [3.63, 3.8) is 0 Å². The summed E-state index contributed by atoms with van der Waals surface area (Å²) in [6, 6.07) is 0. The van der Waals surface area contributed by atoms with Crippen LogP contribution in [0.5, 0.6) is 0 Å². The first-order valence-corrected chi connectivity index (χ1v) is 6.09. The van der Waals surface area contributed by atoms with E-state index >= 15 is 0 Å². The molecule has 2 heteroatoms. The van der Waals surface area contributed by atoms with Gasteiger partial charge in [-0.05, 0) is 38.3 Å². The molecule has 0 aromatic heterocycles. The molecule has 0 saturated carbocycles. The summed E-state index contributed by atoms with van der Waals surface area (Å²) in [4.78, 5) is 2.57. The molecular weight excluding hydrogens is 174 g/mol. The van der Waals surface area contributed by atoms with Gasteiger partial charge in [0.1, 0.15) is 0 Å². The fourth-order valence-corrected chi connectivity index (χ4v) is 1.89. The second-order valence-corrected chi connectivity index (χ2v) is 4.72. The predicted octanol–water partition coefficient (Wildman–Crippen LogP) is 2.54. The number of ether oxygens (including phenoxy) is 1. The molecule has 0 bridgehead atoms. The maximum atomic E-state index is 5.56. The first-order valence-electron chi connectivity index (χ1n) is 6.09. The highest BCUT2D eigenvalue weighted by Gasteiger charge is 2.08. The molecule has 0 amide bonds. The normalized spacial score (nSPS) is 19.1. The minimum Gasteiger partial charge on any atom is -0.381 e. The lowest BCUT2D eigenvalue weighted by atomic mass is 10.1. The van der Waals surface area contributed by atoms with Gasteiger partial charge in [-0.1, -0.05) is 20.3 Å². The Morgan fingerprint density at radius 3 is 2.50 bits per heavy atom. The highest BCUT2D eigenvalue weighted by atomic mass is 16.5. The maximum absolute atomic E-state index is 5.56. The van der Waals surface area contributed by atoms with Crippen molar-refractivity contribution >= 4 is 0 Å². The lowest BCUT2D eigenvalue weighted by Crippen LogP contribution is -2.31. The van der Waals surface area contributed by atoms with Crippen LogP contribution < -0.4 is 0 Å². The Kier molecular flexibility index (Phi) is 6.20. The minimum atomic E-state index is 0.671. The fraction of sp³-hybridized carbons (Fsp3) is 1.00. The lowest BCUT2D eigenvalue weighted by molar-refractivity contribution is 0.0968. The van der Waals surface area contributed by atoms with E-state index in [0.717, 1.165) is 13.2 Å². The Bertz CT molecular complexity index is 130. The van der Waals surface area contributed by atoms with Gasteiger partial charge in [0.2, 0.25) is 0 Å². The molecule has 0 N–H and O–H groups in total. The first-order chi connectivity index (χ1) is 6.79. The van der Waals surface area contributed by atoms with Gasteiger partial charge < -0.3 is 9.64 Å². The summed E-state index contributed by atoms with van der Waals surface area (Å²) in [5.41, 5.74) is 0. The van der Waals surface area contributed by atoms with E-state index in [1.54, 1.807) is 0 Å². The largest absolute Gasteiger partial charge is 0.381 e. The van der Waals surface area contributed by atoms with Gasteiger partial charge in [-0.15, -0.1) is 0 Å². The number of likely N-dealkylation sites (tertiary alicyclic amines) is 1. The van der Waals surface area contributed by atoms with Gasteiger partial charge in [-0.3, -0.25) is 0 Å². The zero-order valence-corrected chi connectivity index (χ0v) is 9.80. The summed E-state index contributed by atoms with van der Waals surface area (Å²) in [6.07, 6.45) is 5.42.